The van der Waals surface area contributed by atoms with E-state index in [1.807, 2.05) is 68.7 Å². The van der Waals surface area contributed by atoms with Gasteiger partial charge in [0.2, 0.25) is 0 Å². The first-order valence-corrected chi connectivity index (χ1v) is 13.7. The minimum atomic E-state index is -0.872. The fourth-order valence-corrected chi connectivity index (χ4v) is 5.15. The summed E-state index contributed by atoms with van der Waals surface area (Å²) in [4.78, 5) is 49.0. The van der Waals surface area contributed by atoms with E-state index >= 15 is 0 Å². The molecule has 0 aliphatic rings. The van der Waals surface area contributed by atoms with Gasteiger partial charge in [-0.1, -0.05) is 54.6 Å². The van der Waals surface area contributed by atoms with Crippen molar-refractivity contribution in [3.63, 3.8) is 0 Å². The summed E-state index contributed by atoms with van der Waals surface area (Å²) in [5.74, 6) is 0. The molecule has 0 aliphatic heterocycles. The van der Waals surface area contributed by atoms with E-state index in [9.17, 15) is 14.4 Å². The standard InChI is InChI=1S/C33H29N7O3/c1-21-29-30(40(37-21)27-11-6-9-23(18-27)24-10-7-17-34-19-24)31(41)39(33(43)36-29)32(42)35-26-15-13-22(14-16-26)28-12-5-4-8-25(28)20-38(2)3/h4-19H,20H2,1-3H3,(H,35,42)(H,36,43). The van der Waals surface area contributed by atoms with E-state index in [1.54, 1.807) is 37.5 Å². The zero-order valence-electron chi connectivity index (χ0n) is 23.9. The highest BCUT2D eigenvalue weighted by Crippen LogP contribution is 2.26. The van der Waals surface area contributed by atoms with Crippen molar-refractivity contribution in [2.75, 3.05) is 19.4 Å². The molecule has 0 radical (unpaired) electrons. The number of benzene rings is 3. The van der Waals surface area contributed by atoms with E-state index < -0.39 is 17.3 Å². The Morgan fingerprint density at radius 2 is 1.67 bits per heavy atom. The van der Waals surface area contributed by atoms with Crippen molar-refractivity contribution in [3.05, 3.63) is 129 Å². The van der Waals surface area contributed by atoms with E-state index in [0.717, 1.165) is 28.8 Å². The SMILES string of the molecule is Cc1nn(-c2cccc(-c3cccnc3)c2)c2c(=O)n(C(=O)Nc3ccc(-c4ccccc4CN(C)C)cc3)c(=O)[nH]c12. The summed E-state index contributed by atoms with van der Waals surface area (Å²) in [7, 11) is 4.04. The molecule has 0 bridgehead atoms. The predicted octanol–water partition coefficient (Wildman–Crippen LogP) is 5.05. The zero-order valence-corrected chi connectivity index (χ0v) is 23.9. The van der Waals surface area contributed by atoms with Crippen molar-refractivity contribution in [2.24, 2.45) is 0 Å². The van der Waals surface area contributed by atoms with Crippen molar-refractivity contribution in [1.82, 2.24) is 29.2 Å². The Morgan fingerprint density at radius 3 is 2.42 bits per heavy atom. The molecule has 3 aromatic heterocycles. The Balaban J connectivity index is 1.34. The van der Waals surface area contributed by atoms with Crippen LogP contribution in [-0.4, -0.2) is 49.3 Å². The summed E-state index contributed by atoms with van der Waals surface area (Å²) in [5, 5.41) is 7.21. The van der Waals surface area contributed by atoms with Crippen molar-refractivity contribution >= 4 is 22.8 Å². The smallest absolute Gasteiger partial charge is 0.307 e. The summed E-state index contributed by atoms with van der Waals surface area (Å²) < 4.78 is 2.01. The molecule has 3 aromatic carbocycles. The van der Waals surface area contributed by atoms with Gasteiger partial charge >= 0.3 is 11.7 Å². The molecule has 2 N–H and O–H groups in total. The lowest BCUT2D eigenvalue weighted by Crippen LogP contribution is -2.42. The third-order valence-corrected chi connectivity index (χ3v) is 7.14. The van der Waals surface area contributed by atoms with Crippen molar-refractivity contribution in [3.8, 4) is 27.9 Å². The molecule has 10 nitrogen and oxygen atoms in total. The van der Waals surface area contributed by atoms with E-state index in [1.165, 1.54) is 10.2 Å². The molecule has 10 heteroatoms. The zero-order chi connectivity index (χ0) is 30.1. The van der Waals surface area contributed by atoms with Gasteiger partial charge in [-0.05, 0) is 73.6 Å². The lowest BCUT2D eigenvalue weighted by Gasteiger charge is -2.15. The summed E-state index contributed by atoms with van der Waals surface area (Å²) in [6.45, 7) is 2.48. The number of aromatic amines is 1. The fourth-order valence-electron chi connectivity index (χ4n) is 5.15. The third kappa shape index (κ3) is 5.39. The molecule has 0 aliphatic carbocycles. The Hall–Kier alpha value is -5.61. The number of anilines is 1. The van der Waals surface area contributed by atoms with Gasteiger partial charge in [0.15, 0.2) is 5.52 Å². The largest absolute Gasteiger partial charge is 0.337 e. The van der Waals surface area contributed by atoms with Crippen molar-refractivity contribution in [1.29, 1.82) is 0 Å². The van der Waals surface area contributed by atoms with Crippen LogP contribution in [0.5, 0.6) is 0 Å². The number of fused-ring (bicyclic) bond motifs is 1. The number of hydrogen-bond acceptors (Lipinski definition) is 6. The van der Waals surface area contributed by atoms with Gasteiger partial charge < -0.3 is 15.2 Å². The van der Waals surface area contributed by atoms with Gasteiger partial charge in [0.1, 0.15) is 0 Å². The molecular weight excluding hydrogens is 542 g/mol. The lowest BCUT2D eigenvalue weighted by atomic mass is 9.99. The molecular formula is C33H29N7O3. The van der Waals surface area contributed by atoms with Gasteiger partial charge in [-0.2, -0.15) is 9.67 Å². The van der Waals surface area contributed by atoms with Crippen LogP contribution < -0.4 is 16.6 Å². The molecule has 0 fully saturated rings. The number of aromatic nitrogens is 5. The molecule has 0 saturated carbocycles. The number of nitrogens with zero attached hydrogens (tertiary/aromatic N) is 5. The average Bonchev–Trinajstić information content (AvgIpc) is 3.34. The number of pyridine rings is 1. The predicted molar refractivity (Wildman–Crippen MR) is 168 cm³/mol. The second-order valence-electron chi connectivity index (χ2n) is 10.5. The van der Waals surface area contributed by atoms with Gasteiger partial charge in [-0.3, -0.25) is 9.78 Å². The number of carbonyl (C=O) groups is 1. The molecule has 0 saturated heterocycles. The number of H-pyrrole nitrogens is 1. The minimum absolute atomic E-state index is 0.0865. The maximum Gasteiger partial charge on any atom is 0.337 e. The van der Waals surface area contributed by atoms with Crippen LogP contribution in [-0.2, 0) is 6.54 Å². The summed E-state index contributed by atoms with van der Waals surface area (Å²) in [5.41, 5.74) is 5.24. The quantitative estimate of drug-likeness (QED) is 0.289. The Morgan fingerprint density at radius 1 is 0.907 bits per heavy atom. The Bertz CT molecular complexity index is 2080. The summed E-state index contributed by atoms with van der Waals surface area (Å²) in [6, 6.07) is 25.8. The molecule has 3 heterocycles. The highest BCUT2D eigenvalue weighted by atomic mass is 16.2. The van der Waals surface area contributed by atoms with Crippen LogP contribution in [0.25, 0.3) is 39.0 Å². The summed E-state index contributed by atoms with van der Waals surface area (Å²) in [6.07, 6.45) is 3.44. The molecule has 43 heavy (non-hydrogen) atoms. The second kappa shape index (κ2) is 11.3. The number of hydrogen-bond donors (Lipinski definition) is 2. The Kier molecular flexibility index (Phi) is 7.27. The number of aryl methyl sites for hydroxylation is 1. The first-order valence-electron chi connectivity index (χ1n) is 13.7. The number of nitrogens with one attached hydrogen (secondary N) is 2. The first-order chi connectivity index (χ1) is 20.8. The van der Waals surface area contributed by atoms with Crippen LogP contribution in [0.15, 0.2) is 107 Å². The van der Waals surface area contributed by atoms with Crippen molar-refractivity contribution < 1.29 is 4.79 Å². The van der Waals surface area contributed by atoms with Crippen LogP contribution in [0, 0.1) is 6.92 Å². The van der Waals surface area contributed by atoms with Gasteiger partial charge in [-0.25, -0.2) is 14.3 Å². The normalized spacial score (nSPS) is 11.3. The molecule has 0 atom stereocenters. The van der Waals surface area contributed by atoms with E-state index in [2.05, 4.69) is 37.4 Å². The molecule has 0 unspecified atom stereocenters. The average molecular weight is 572 g/mol. The maximum atomic E-state index is 13.7. The topological polar surface area (TPSA) is 118 Å². The van der Waals surface area contributed by atoms with E-state index in [4.69, 9.17) is 0 Å². The summed E-state index contributed by atoms with van der Waals surface area (Å²) >= 11 is 0. The van der Waals surface area contributed by atoms with Gasteiger partial charge in [0.25, 0.3) is 5.56 Å². The molecule has 1 amide bonds. The fraction of sp³-hybridized carbons (Fsp3) is 0.121. The molecule has 6 rings (SSSR count). The van der Waals surface area contributed by atoms with Crippen LogP contribution in [0.1, 0.15) is 11.3 Å². The van der Waals surface area contributed by atoms with Gasteiger partial charge in [0.05, 0.1) is 16.9 Å². The van der Waals surface area contributed by atoms with E-state index in [-0.39, 0.29) is 11.0 Å². The highest BCUT2D eigenvalue weighted by molar-refractivity contribution is 5.92. The minimum Gasteiger partial charge on any atom is -0.307 e. The van der Waals surface area contributed by atoms with Crippen LogP contribution in [0.4, 0.5) is 10.5 Å². The van der Waals surface area contributed by atoms with Crippen molar-refractivity contribution in [2.45, 2.75) is 13.5 Å². The second-order valence-corrected chi connectivity index (χ2v) is 10.5. The number of carbonyl (C=O) groups excluding carboxylic acids is 1. The van der Waals surface area contributed by atoms with Crippen LogP contribution >= 0.6 is 0 Å². The highest BCUT2D eigenvalue weighted by Gasteiger charge is 2.21. The van der Waals surface area contributed by atoms with Gasteiger partial charge in [0, 0.05) is 30.2 Å². The Labute approximate surface area is 246 Å². The van der Waals surface area contributed by atoms with E-state index in [0.29, 0.717) is 21.6 Å². The third-order valence-electron chi connectivity index (χ3n) is 7.14. The number of rotatable bonds is 6. The number of amides is 1. The molecule has 214 valence electrons. The van der Waals surface area contributed by atoms with Crippen LogP contribution in [0.2, 0.25) is 0 Å². The lowest BCUT2D eigenvalue weighted by molar-refractivity contribution is 0.252. The first kappa shape index (κ1) is 27.6. The molecule has 6 aromatic rings. The van der Waals surface area contributed by atoms with Crippen LogP contribution in [0.3, 0.4) is 0 Å². The maximum absolute atomic E-state index is 13.7. The monoisotopic (exact) mass is 571 g/mol. The van der Waals surface area contributed by atoms with Gasteiger partial charge in [-0.15, -0.1) is 0 Å². The molecule has 0 spiro atoms.